The summed E-state index contributed by atoms with van der Waals surface area (Å²) >= 11 is 0. The van der Waals surface area contributed by atoms with Gasteiger partial charge in [-0.25, -0.2) is 4.68 Å². The number of fused-ring (bicyclic) bond motifs is 2. The van der Waals surface area contributed by atoms with Gasteiger partial charge < -0.3 is 23.9 Å². The summed E-state index contributed by atoms with van der Waals surface area (Å²) in [7, 11) is 1.65. The van der Waals surface area contributed by atoms with Crippen LogP contribution in [-0.2, 0) is 30.9 Å². The van der Waals surface area contributed by atoms with Gasteiger partial charge >= 0.3 is 0 Å². The molecule has 0 bridgehead atoms. The molecule has 0 unspecified atom stereocenters. The largest absolute Gasteiger partial charge is 0.497 e. The van der Waals surface area contributed by atoms with E-state index in [1.54, 1.807) is 13.2 Å². The fourth-order valence-electron chi connectivity index (χ4n) is 4.82. The van der Waals surface area contributed by atoms with Gasteiger partial charge in [0.05, 0.1) is 31.8 Å². The third kappa shape index (κ3) is 5.13. The predicted octanol–water partition coefficient (Wildman–Crippen LogP) is 2.63. The topological polar surface area (TPSA) is 117 Å². The second-order valence-electron chi connectivity index (χ2n) is 9.32. The van der Waals surface area contributed by atoms with Crippen LogP contribution in [0.1, 0.15) is 29.8 Å². The molecule has 2 aromatic heterocycles. The van der Waals surface area contributed by atoms with E-state index in [9.17, 15) is 4.79 Å². The third-order valence-corrected chi connectivity index (χ3v) is 6.75. The third-order valence-electron chi connectivity index (χ3n) is 6.75. The minimum absolute atomic E-state index is 0.119. The summed E-state index contributed by atoms with van der Waals surface area (Å²) in [5.41, 5.74) is 2.28. The Morgan fingerprint density at radius 3 is 2.73 bits per heavy atom. The van der Waals surface area contributed by atoms with E-state index in [2.05, 4.69) is 25.4 Å². The van der Waals surface area contributed by atoms with E-state index in [0.29, 0.717) is 48.8 Å². The molecule has 2 aromatic carbocycles. The number of ether oxygens (including phenoxy) is 4. The normalized spacial score (nSPS) is 16.6. The van der Waals surface area contributed by atoms with Crippen LogP contribution in [0.4, 0.5) is 0 Å². The van der Waals surface area contributed by atoms with Crippen molar-refractivity contribution in [3.63, 3.8) is 0 Å². The minimum Gasteiger partial charge on any atom is -0.497 e. The minimum atomic E-state index is -0.148. The second kappa shape index (κ2) is 10.2. The van der Waals surface area contributed by atoms with Crippen LogP contribution in [0.3, 0.4) is 0 Å². The van der Waals surface area contributed by atoms with Gasteiger partial charge in [-0.1, -0.05) is 12.1 Å². The van der Waals surface area contributed by atoms with Crippen molar-refractivity contribution in [3.8, 4) is 17.2 Å². The average molecular weight is 505 g/mol. The van der Waals surface area contributed by atoms with Crippen LogP contribution in [-0.4, -0.2) is 56.7 Å². The van der Waals surface area contributed by atoms with Gasteiger partial charge in [0, 0.05) is 36.7 Å². The summed E-state index contributed by atoms with van der Waals surface area (Å²) in [6.07, 6.45) is 2.17. The van der Waals surface area contributed by atoms with Crippen LogP contribution >= 0.6 is 0 Å². The van der Waals surface area contributed by atoms with Crippen molar-refractivity contribution in [2.45, 2.75) is 45.1 Å². The van der Waals surface area contributed by atoms with Crippen LogP contribution < -0.4 is 19.8 Å². The van der Waals surface area contributed by atoms with Gasteiger partial charge in [-0.2, -0.15) is 0 Å². The zero-order chi connectivity index (χ0) is 25.2. The number of aromatic nitrogens is 5. The molecule has 11 nitrogen and oxygen atoms in total. The van der Waals surface area contributed by atoms with Crippen molar-refractivity contribution in [1.29, 1.82) is 0 Å². The fourth-order valence-corrected chi connectivity index (χ4v) is 4.82. The van der Waals surface area contributed by atoms with Gasteiger partial charge in [0.2, 0.25) is 6.79 Å². The molecule has 0 spiro atoms. The average Bonchev–Trinajstić information content (AvgIpc) is 3.67. The van der Waals surface area contributed by atoms with E-state index >= 15 is 0 Å². The number of nitrogens with one attached hydrogen (secondary N) is 1. The van der Waals surface area contributed by atoms with E-state index in [1.807, 2.05) is 41.1 Å². The molecule has 1 atom stereocenters. The SMILES string of the molecule is COc1ccc(CN(Cc2cc3cc4c(cc3[nH]c2=O)OCO4)Cc2nnnn2C[C@H]2CCCO2)cc1. The molecule has 0 aliphatic carbocycles. The molecule has 4 heterocycles. The molecule has 4 aromatic rings. The molecule has 0 amide bonds. The Morgan fingerprint density at radius 2 is 1.95 bits per heavy atom. The van der Waals surface area contributed by atoms with Crippen LogP contribution in [0.15, 0.2) is 47.3 Å². The van der Waals surface area contributed by atoms with E-state index in [4.69, 9.17) is 18.9 Å². The lowest BCUT2D eigenvalue weighted by atomic mass is 10.1. The molecule has 2 aliphatic rings. The Bertz CT molecular complexity index is 1440. The number of methoxy groups -OCH3 is 1. The quantitative estimate of drug-likeness (QED) is 0.367. The van der Waals surface area contributed by atoms with Gasteiger partial charge in [0.15, 0.2) is 17.3 Å². The standard InChI is InChI=1S/C26H28N6O5/c1-34-20-6-4-17(5-7-20)12-31(15-25-28-29-30-32(25)14-21-3-2-8-35-21)13-19-9-18-10-23-24(37-16-36-23)11-22(18)27-26(19)33/h4-7,9-11,21H,2-3,8,12-16H2,1H3,(H,27,33)/t21-/m1/s1. The van der Waals surface area contributed by atoms with Crippen molar-refractivity contribution in [3.05, 3.63) is 69.8 Å². The van der Waals surface area contributed by atoms with Crippen LogP contribution in [0.25, 0.3) is 10.9 Å². The Kier molecular flexibility index (Phi) is 6.46. The summed E-state index contributed by atoms with van der Waals surface area (Å²) in [4.78, 5) is 18.2. The Balaban J connectivity index is 1.28. The van der Waals surface area contributed by atoms with E-state index in [-0.39, 0.29) is 18.5 Å². The van der Waals surface area contributed by atoms with Crippen LogP contribution in [0.2, 0.25) is 0 Å². The monoisotopic (exact) mass is 504 g/mol. The number of tetrazole rings is 1. The highest BCUT2D eigenvalue weighted by molar-refractivity contribution is 5.83. The second-order valence-corrected chi connectivity index (χ2v) is 9.32. The summed E-state index contributed by atoms with van der Waals surface area (Å²) in [5, 5.41) is 13.3. The summed E-state index contributed by atoms with van der Waals surface area (Å²) in [6.45, 7) is 3.02. The Labute approximate surface area is 212 Å². The van der Waals surface area contributed by atoms with Crippen molar-refractivity contribution >= 4 is 10.9 Å². The number of aromatic amines is 1. The lowest BCUT2D eigenvalue weighted by Gasteiger charge is -2.22. The lowest BCUT2D eigenvalue weighted by molar-refractivity contribution is 0.0914. The molecular weight excluding hydrogens is 476 g/mol. The number of pyridine rings is 1. The highest BCUT2D eigenvalue weighted by atomic mass is 16.7. The van der Waals surface area contributed by atoms with Crippen molar-refractivity contribution in [2.24, 2.45) is 0 Å². The van der Waals surface area contributed by atoms with Crippen molar-refractivity contribution in [1.82, 2.24) is 30.1 Å². The molecule has 1 fully saturated rings. The molecular formula is C26H28N6O5. The summed E-state index contributed by atoms with van der Waals surface area (Å²) < 4.78 is 23.9. The van der Waals surface area contributed by atoms with Crippen LogP contribution in [0, 0.1) is 0 Å². The summed E-state index contributed by atoms with van der Waals surface area (Å²) in [6, 6.07) is 13.5. The smallest absolute Gasteiger partial charge is 0.252 e. The van der Waals surface area contributed by atoms with Gasteiger partial charge in [-0.05, 0) is 53.1 Å². The first-order chi connectivity index (χ1) is 18.1. The molecule has 1 saturated heterocycles. The number of benzene rings is 2. The number of hydrogen-bond acceptors (Lipinski definition) is 9. The molecule has 6 rings (SSSR count). The predicted molar refractivity (Wildman–Crippen MR) is 133 cm³/mol. The number of rotatable bonds is 9. The van der Waals surface area contributed by atoms with Crippen molar-refractivity contribution in [2.75, 3.05) is 20.5 Å². The number of hydrogen-bond donors (Lipinski definition) is 1. The first-order valence-electron chi connectivity index (χ1n) is 12.3. The van der Waals surface area contributed by atoms with Crippen LogP contribution in [0.5, 0.6) is 17.2 Å². The fraction of sp³-hybridized carbons (Fsp3) is 0.385. The van der Waals surface area contributed by atoms with Gasteiger partial charge in [0.1, 0.15) is 5.75 Å². The molecule has 37 heavy (non-hydrogen) atoms. The maximum absolute atomic E-state index is 13.1. The zero-order valence-corrected chi connectivity index (χ0v) is 20.6. The van der Waals surface area contributed by atoms with Crippen molar-refractivity contribution < 1.29 is 18.9 Å². The zero-order valence-electron chi connectivity index (χ0n) is 20.6. The number of H-pyrrole nitrogens is 1. The Hall–Kier alpha value is -3.96. The van der Waals surface area contributed by atoms with E-state index in [0.717, 1.165) is 42.0 Å². The molecule has 0 radical (unpaired) electrons. The Morgan fingerprint density at radius 1 is 1.11 bits per heavy atom. The first kappa shape index (κ1) is 23.4. The van der Waals surface area contributed by atoms with E-state index in [1.165, 1.54) is 0 Å². The van der Waals surface area contributed by atoms with Gasteiger partial charge in [-0.3, -0.25) is 9.69 Å². The first-order valence-corrected chi connectivity index (χ1v) is 12.3. The highest BCUT2D eigenvalue weighted by Gasteiger charge is 2.21. The van der Waals surface area contributed by atoms with E-state index < -0.39 is 0 Å². The van der Waals surface area contributed by atoms with Gasteiger partial charge in [-0.15, -0.1) is 5.10 Å². The molecule has 1 N–H and O–H groups in total. The lowest BCUT2D eigenvalue weighted by Crippen LogP contribution is -2.29. The maximum Gasteiger partial charge on any atom is 0.252 e. The number of nitrogens with zero attached hydrogens (tertiary/aromatic N) is 5. The molecule has 0 saturated carbocycles. The highest BCUT2D eigenvalue weighted by Crippen LogP contribution is 2.35. The van der Waals surface area contributed by atoms with Gasteiger partial charge in [0.25, 0.3) is 5.56 Å². The maximum atomic E-state index is 13.1. The summed E-state index contributed by atoms with van der Waals surface area (Å²) in [5.74, 6) is 2.83. The molecule has 11 heteroatoms. The molecule has 192 valence electrons. The molecule has 2 aliphatic heterocycles.